The minimum absolute atomic E-state index is 0.0939. The van der Waals surface area contributed by atoms with Gasteiger partial charge in [0.05, 0.1) is 22.9 Å². The molecule has 0 aliphatic carbocycles. The number of nitrogens with one attached hydrogen (secondary N) is 1. The number of aromatic nitrogens is 3. The maximum Gasteiger partial charge on any atom is 0.255 e. The number of aromatic amines is 1. The summed E-state index contributed by atoms with van der Waals surface area (Å²) in [5.41, 5.74) is 11.5. The van der Waals surface area contributed by atoms with E-state index in [1.54, 1.807) is 18.2 Å². The summed E-state index contributed by atoms with van der Waals surface area (Å²) in [4.78, 5) is 22.8. The topological polar surface area (TPSA) is 104 Å². The Morgan fingerprint density at radius 1 is 1.12 bits per heavy atom. The van der Waals surface area contributed by atoms with Crippen LogP contribution in [0.3, 0.4) is 0 Å². The Balaban J connectivity index is 1.38. The summed E-state index contributed by atoms with van der Waals surface area (Å²) in [5.74, 6) is 0.577. The molecule has 2 aromatic carbocycles. The van der Waals surface area contributed by atoms with Crippen LogP contribution in [0.4, 0.5) is 5.69 Å². The number of hydrogen-bond donors (Lipinski definition) is 2. The largest absolute Gasteiger partial charge is 0.399 e. The molecule has 0 saturated carbocycles. The van der Waals surface area contributed by atoms with Gasteiger partial charge in [-0.05, 0) is 54.6 Å². The molecule has 0 unspecified atom stereocenters. The molecule has 32 heavy (non-hydrogen) atoms. The third kappa shape index (κ3) is 3.80. The highest BCUT2D eigenvalue weighted by molar-refractivity contribution is 5.58. The van der Waals surface area contributed by atoms with Crippen molar-refractivity contribution >= 4 is 5.69 Å². The number of nitrogens with two attached hydrogens (primary N) is 1. The number of benzene rings is 2. The smallest absolute Gasteiger partial charge is 0.255 e. The maximum atomic E-state index is 12.8. The van der Waals surface area contributed by atoms with E-state index >= 15 is 0 Å². The van der Waals surface area contributed by atoms with Gasteiger partial charge in [-0.1, -0.05) is 6.07 Å². The molecule has 1 aliphatic heterocycles. The van der Waals surface area contributed by atoms with Gasteiger partial charge in [0.2, 0.25) is 0 Å². The minimum Gasteiger partial charge on any atom is -0.399 e. The molecule has 3 N–H and O–H groups in total. The molecule has 0 amide bonds. The van der Waals surface area contributed by atoms with Crippen LogP contribution >= 0.6 is 0 Å². The molecular weight excluding hydrogens is 400 g/mol. The Morgan fingerprint density at radius 3 is 2.78 bits per heavy atom. The number of rotatable bonds is 4. The zero-order valence-electron chi connectivity index (χ0n) is 17.5. The van der Waals surface area contributed by atoms with Crippen molar-refractivity contribution < 1.29 is 0 Å². The van der Waals surface area contributed by atoms with Crippen LogP contribution in [0.1, 0.15) is 22.5 Å². The SMILES string of the molecule is N#Cc1cccc(-n2cccc2CN2CCc3nc(-c4ccc(N)cc4)[nH]c(=O)c3C2)c1. The first-order chi connectivity index (χ1) is 15.6. The Morgan fingerprint density at radius 2 is 1.97 bits per heavy atom. The molecule has 7 nitrogen and oxygen atoms in total. The van der Waals surface area contributed by atoms with Crippen LogP contribution in [0.5, 0.6) is 0 Å². The molecule has 0 fully saturated rings. The molecule has 3 heterocycles. The van der Waals surface area contributed by atoms with Crippen molar-refractivity contribution in [3.8, 4) is 23.1 Å². The number of hydrogen-bond acceptors (Lipinski definition) is 5. The number of nitrogens with zero attached hydrogens (tertiary/aromatic N) is 4. The number of H-pyrrole nitrogens is 1. The molecule has 0 bridgehead atoms. The van der Waals surface area contributed by atoms with Crippen LogP contribution in [0.15, 0.2) is 71.7 Å². The van der Waals surface area contributed by atoms with Crippen molar-refractivity contribution in [2.75, 3.05) is 12.3 Å². The summed E-state index contributed by atoms with van der Waals surface area (Å²) >= 11 is 0. The van der Waals surface area contributed by atoms with Crippen molar-refractivity contribution in [3.63, 3.8) is 0 Å². The minimum atomic E-state index is -0.0939. The Labute approximate surface area is 185 Å². The van der Waals surface area contributed by atoms with Gasteiger partial charge in [-0.25, -0.2) is 4.98 Å². The highest BCUT2D eigenvalue weighted by atomic mass is 16.1. The van der Waals surface area contributed by atoms with E-state index in [1.807, 2.05) is 42.6 Å². The van der Waals surface area contributed by atoms with Crippen molar-refractivity contribution in [2.24, 2.45) is 0 Å². The van der Waals surface area contributed by atoms with E-state index < -0.39 is 0 Å². The summed E-state index contributed by atoms with van der Waals surface area (Å²) in [5, 5.41) is 9.20. The molecule has 0 saturated heterocycles. The number of nitriles is 1. The number of nitrogen functional groups attached to an aromatic ring is 1. The quantitative estimate of drug-likeness (QED) is 0.492. The Bertz CT molecular complexity index is 1380. The lowest BCUT2D eigenvalue weighted by molar-refractivity contribution is 0.238. The highest BCUT2D eigenvalue weighted by Crippen LogP contribution is 2.22. The van der Waals surface area contributed by atoms with Gasteiger partial charge in [0.25, 0.3) is 5.56 Å². The van der Waals surface area contributed by atoms with Crippen molar-refractivity contribution in [2.45, 2.75) is 19.5 Å². The molecule has 158 valence electrons. The third-order valence-corrected chi connectivity index (χ3v) is 5.80. The molecule has 0 atom stereocenters. The third-order valence-electron chi connectivity index (χ3n) is 5.80. The van der Waals surface area contributed by atoms with Gasteiger partial charge in [0.1, 0.15) is 5.82 Å². The van der Waals surface area contributed by atoms with Crippen LogP contribution in [0, 0.1) is 11.3 Å². The van der Waals surface area contributed by atoms with E-state index in [0.717, 1.165) is 34.7 Å². The van der Waals surface area contributed by atoms with E-state index in [0.29, 0.717) is 36.6 Å². The molecule has 1 aliphatic rings. The molecule has 5 rings (SSSR count). The van der Waals surface area contributed by atoms with Gasteiger partial charge >= 0.3 is 0 Å². The average molecular weight is 422 g/mol. The molecule has 7 heteroatoms. The lowest BCUT2D eigenvalue weighted by atomic mass is 10.1. The van der Waals surface area contributed by atoms with Crippen LogP contribution < -0.4 is 11.3 Å². The monoisotopic (exact) mass is 422 g/mol. The van der Waals surface area contributed by atoms with Crippen molar-refractivity contribution in [1.29, 1.82) is 5.26 Å². The first-order valence-electron chi connectivity index (χ1n) is 10.5. The standard InChI is InChI=1S/C25H22N6O/c26-14-17-3-1-4-20(13-17)31-11-2-5-21(31)15-30-12-10-23-22(16-30)25(32)29-24(28-23)18-6-8-19(27)9-7-18/h1-9,11,13H,10,12,15-16,27H2,(H,28,29,32). The van der Waals surface area contributed by atoms with Crippen LogP contribution in [0.2, 0.25) is 0 Å². The van der Waals surface area contributed by atoms with Gasteiger partial charge in [0, 0.05) is 54.9 Å². The van der Waals surface area contributed by atoms with E-state index in [-0.39, 0.29) is 5.56 Å². The lowest BCUT2D eigenvalue weighted by Crippen LogP contribution is -2.35. The highest BCUT2D eigenvalue weighted by Gasteiger charge is 2.22. The van der Waals surface area contributed by atoms with Gasteiger partial charge in [0.15, 0.2) is 0 Å². The predicted molar refractivity (Wildman–Crippen MR) is 123 cm³/mol. The normalized spacial score (nSPS) is 13.5. The van der Waals surface area contributed by atoms with E-state index in [9.17, 15) is 10.1 Å². The number of fused-ring (bicyclic) bond motifs is 1. The summed E-state index contributed by atoms with van der Waals surface area (Å²) < 4.78 is 2.09. The molecule has 4 aromatic rings. The van der Waals surface area contributed by atoms with Crippen molar-refractivity contribution in [1.82, 2.24) is 19.4 Å². The van der Waals surface area contributed by atoms with E-state index in [1.165, 1.54) is 0 Å². The summed E-state index contributed by atoms with van der Waals surface area (Å²) in [6, 6.07) is 21.2. The lowest BCUT2D eigenvalue weighted by Gasteiger charge is -2.28. The zero-order valence-corrected chi connectivity index (χ0v) is 17.5. The van der Waals surface area contributed by atoms with E-state index in [4.69, 9.17) is 10.7 Å². The van der Waals surface area contributed by atoms with E-state index in [2.05, 4.69) is 26.6 Å². The number of anilines is 1. The fraction of sp³-hybridized carbons (Fsp3) is 0.160. The Hall–Kier alpha value is -4.15. The Kier molecular flexibility index (Phi) is 5.06. The first kappa shape index (κ1) is 19.8. The zero-order chi connectivity index (χ0) is 22.1. The fourth-order valence-electron chi connectivity index (χ4n) is 4.15. The van der Waals surface area contributed by atoms with Crippen LogP contribution in [-0.2, 0) is 19.5 Å². The second-order valence-electron chi connectivity index (χ2n) is 7.95. The van der Waals surface area contributed by atoms with Crippen LogP contribution in [-0.4, -0.2) is 26.0 Å². The first-order valence-corrected chi connectivity index (χ1v) is 10.5. The second-order valence-corrected chi connectivity index (χ2v) is 7.95. The van der Waals surface area contributed by atoms with Gasteiger partial charge < -0.3 is 15.3 Å². The predicted octanol–water partition coefficient (Wildman–Crippen LogP) is 3.24. The maximum absolute atomic E-state index is 12.8. The fourth-order valence-corrected chi connectivity index (χ4v) is 4.15. The summed E-state index contributed by atoms with van der Waals surface area (Å²) in [6.45, 7) is 2.06. The van der Waals surface area contributed by atoms with Crippen LogP contribution in [0.25, 0.3) is 17.1 Å². The van der Waals surface area contributed by atoms with Gasteiger partial charge in [-0.3, -0.25) is 9.69 Å². The van der Waals surface area contributed by atoms with Gasteiger partial charge in [-0.2, -0.15) is 5.26 Å². The summed E-state index contributed by atoms with van der Waals surface area (Å²) in [6.07, 6.45) is 2.71. The molecule has 0 radical (unpaired) electrons. The van der Waals surface area contributed by atoms with Gasteiger partial charge in [-0.15, -0.1) is 0 Å². The average Bonchev–Trinajstić information content (AvgIpc) is 3.28. The molecule has 0 spiro atoms. The van der Waals surface area contributed by atoms with Crippen molar-refractivity contribution in [3.05, 3.63) is 99.7 Å². The molecule has 2 aromatic heterocycles. The summed E-state index contributed by atoms with van der Waals surface area (Å²) in [7, 11) is 0. The second kappa shape index (κ2) is 8.17. The molecular formula is C25H22N6O.